The van der Waals surface area contributed by atoms with Gasteiger partial charge in [0, 0.05) is 35.5 Å². The monoisotopic (exact) mass is 430 g/mol. The van der Waals surface area contributed by atoms with Crippen LogP contribution in [0.25, 0.3) is 10.9 Å². The van der Waals surface area contributed by atoms with Crippen LogP contribution in [0.4, 0.5) is 5.82 Å². The lowest BCUT2D eigenvalue weighted by atomic mass is 10.0. The molecule has 6 heteroatoms. The highest BCUT2D eigenvalue weighted by Gasteiger charge is 2.20. The zero-order chi connectivity index (χ0) is 17.9. The van der Waals surface area contributed by atoms with Crippen molar-refractivity contribution in [3.8, 4) is 0 Å². The van der Waals surface area contributed by atoms with Crippen molar-refractivity contribution < 1.29 is 0 Å². The Labute approximate surface area is 166 Å². The first-order valence-corrected chi connectivity index (χ1v) is 10.00. The Balaban J connectivity index is 1.43. The van der Waals surface area contributed by atoms with Crippen molar-refractivity contribution in [1.82, 2.24) is 14.9 Å². The van der Waals surface area contributed by atoms with Crippen LogP contribution in [-0.2, 0) is 6.54 Å². The average Bonchev–Trinajstić information content (AvgIpc) is 2.65. The second-order valence-electron chi connectivity index (χ2n) is 6.68. The molecule has 1 aliphatic heterocycles. The second-order valence-corrected chi connectivity index (χ2v) is 7.94. The smallest absolute Gasteiger partial charge is 0.224 e. The zero-order valence-corrected chi connectivity index (χ0v) is 16.7. The summed E-state index contributed by atoms with van der Waals surface area (Å²) in [6.45, 7) is 3.17. The minimum Gasteiger partial charge on any atom is -0.367 e. The fourth-order valence-electron chi connectivity index (χ4n) is 3.45. The van der Waals surface area contributed by atoms with Gasteiger partial charge in [0.05, 0.1) is 5.52 Å². The largest absolute Gasteiger partial charge is 0.367 e. The molecule has 1 aromatic heterocycles. The van der Waals surface area contributed by atoms with Crippen LogP contribution in [0.2, 0.25) is 5.28 Å². The number of fused-ring (bicyclic) bond motifs is 1. The third-order valence-electron chi connectivity index (χ3n) is 4.81. The van der Waals surface area contributed by atoms with Gasteiger partial charge in [0.1, 0.15) is 5.82 Å². The van der Waals surface area contributed by atoms with Crippen LogP contribution >= 0.6 is 27.5 Å². The summed E-state index contributed by atoms with van der Waals surface area (Å²) in [4.78, 5) is 11.3. The molecule has 1 saturated heterocycles. The number of nitrogens with one attached hydrogen (secondary N) is 1. The maximum absolute atomic E-state index is 6.11. The lowest BCUT2D eigenvalue weighted by Crippen LogP contribution is -2.38. The number of rotatable bonds is 4. The normalized spacial score (nSPS) is 16.1. The van der Waals surface area contributed by atoms with Gasteiger partial charge in [-0.05, 0) is 48.2 Å². The van der Waals surface area contributed by atoms with E-state index in [0.29, 0.717) is 6.04 Å². The number of benzene rings is 2. The number of nitrogens with zero attached hydrogens (tertiary/aromatic N) is 3. The van der Waals surface area contributed by atoms with Gasteiger partial charge in [0.2, 0.25) is 5.28 Å². The number of hydrogen-bond donors (Lipinski definition) is 1. The van der Waals surface area contributed by atoms with Crippen molar-refractivity contribution in [3.63, 3.8) is 0 Å². The Morgan fingerprint density at radius 1 is 1.08 bits per heavy atom. The third-order valence-corrected chi connectivity index (χ3v) is 5.47. The lowest BCUT2D eigenvalue weighted by Gasteiger charge is -2.32. The molecule has 0 bridgehead atoms. The molecular weight excluding hydrogens is 412 g/mol. The van der Waals surface area contributed by atoms with Crippen LogP contribution in [0.3, 0.4) is 0 Å². The van der Waals surface area contributed by atoms with Gasteiger partial charge in [-0.25, -0.2) is 9.97 Å². The molecule has 1 N–H and O–H groups in total. The molecule has 2 aromatic carbocycles. The molecule has 0 unspecified atom stereocenters. The zero-order valence-electron chi connectivity index (χ0n) is 14.3. The van der Waals surface area contributed by atoms with E-state index in [1.807, 2.05) is 18.2 Å². The van der Waals surface area contributed by atoms with Gasteiger partial charge in [0.25, 0.3) is 0 Å². The number of hydrogen-bond acceptors (Lipinski definition) is 4. The third kappa shape index (κ3) is 4.17. The molecule has 0 saturated carbocycles. The Hall–Kier alpha value is -1.69. The molecule has 4 nitrogen and oxygen atoms in total. The summed E-state index contributed by atoms with van der Waals surface area (Å²) in [5.74, 6) is 0.822. The molecule has 1 aliphatic rings. The SMILES string of the molecule is Clc1nc(NC2CCN(Cc3ccccc3)CC2)c2cc(Br)ccc2n1. The molecule has 26 heavy (non-hydrogen) atoms. The van der Waals surface area contributed by atoms with E-state index in [4.69, 9.17) is 11.6 Å². The predicted molar refractivity (Wildman–Crippen MR) is 111 cm³/mol. The summed E-state index contributed by atoms with van der Waals surface area (Å²) in [7, 11) is 0. The quantitative estimate of drug-likeness (QED) is 0.582. The molecule has 0 aliphatic carbocycles. The Kier molecular flexibility index (Phi) is 5.38. The predicted octanol–water partition coefficient (Wildman–Crippen LogP) is 5.12. The molecule has 4 rings (SSSR count). The summed E-state index contributed by atoms with van der Waals surface area (Å²) in [6.07, 6.45) is 2.17. The molecule has 0 amide bonds. The van der Waals surface area contributed by atoms with E-state index >= 15 is 0 Å². The fraction of sp³-hybridized carbons (Fsp3) is 0.300. The van der Waals surface area contributed by atoms with Gasteiger partial charge in [0.15, 0.2) is 0 Å². The summed E-state index contributed by atoms with van der Waals surface area (Å²) in [5.41, 5.74) is 2.23. The lowest BCUT2D eigenvalue weighted by molar-refractivity contribution is 0.211. The van der Waals surface area contributed by atoms with Crippen molar-refractivity contribution in [2.45, 2.75) is 25.4 Å². The maximum atomic E-state index is 6.11. The van der Waals surface area contributed by atoms with Crippen molar-refractivity contribution in [2.24, 2.45) is 0 Å². The van der Waals surface area contributed by atoms with Gasteiger partial charge < -0.3 is 5.32 Å². The van der Waals surface area contributed by atoms with Crippen LogP contribution in [-0.4, -0.2) is 34.0 Å². The molecule has 134 valence electrons. The molecule has 2 heterocycles. The highest BCUT2D eigenvalue weighted by molar-refractivity contribution is 9.10. The minimum atomic E-state index is 0.281. The number of likely N-dealkylation sites (tertiary alicyclic amines) is 1. The topological polar surface area (TPSA) is 41.1 Å². The summed E-state index contributed by atoms with van der Waals surface area (Å²) >= 11 is 9.64. The van der Waals surface area contributed by atoms with Gasteiger partial charge in [-0.15, -0.1) is 0 Å². The molecule has 0 spiro atoms. The summed E-state index contributed by atoms with van der Waals surface area (Å²) < 4.78 is 1.01. The Bertz CT molecular complexity index is 895. The average molecular weight is 432 g/mol. The Morgan fingerprint density at radius 2 is 1.85 bits per heavy atom. The summed E-state index contributed by atoms with van der Waals surface area (Å²) in [6, 6.07) is 17.0. The number of aromatic nitrogens is 2. The highest BCUT2D eigenvalue weighted by atomic mass is 79.9. The van der Waals surface area contributed by atoms with Gasteiger partial charge >= 0.3 is 0 Å². The van der Waals surface area contributed by atoms with E-state index < -0.39 is 0 Å². The fourth-order valence-corrected chi connectivity index (χ4v) is 3.99. The van der Waals surface area contributed by atoms with Crippen molar-refractivity contribution in [3.05, 3.63) is 63.9 Å². The van der Waals surface area contributed by atoms with Crippen molar-refractivity contribution in [2.75, 3.05) is 18.4 Å². The standard InChI is InChI=1S/C20H20BrClN4/c21-15-6-7-18-17(12-15)19(25-20(22)24-18)23-16-8-10-26(11-9-16)13-14-4-2-1-3-5-14/h1-7,12,16H,8-11,13H2,(H,23,24,25). The number of halogens is 2. The molecule has 1 fully saturated rings. The van der Waals surface area contributed by atoms with Crippen LogP contribution in [0.1, 0.15) is 18.4 Å². The van der Waals surface area contributed by atoms with Crippen molar-refractivity contribution >= 4 is 44.3 Å². The van der Waals surface area contributed by atoms with Gasteiger partial charge in [-0.1, -0.05) is 46.3 Å². The molecular formula is C20H20BrClN4. The van der Waals surface area contributed by atoms with E-state index in [1.165, 1.54) is 5.56 Å². The molecule has 0 radical (unpaired) electrons. The van der Waals surface area contributed by atoms with Gasteiger partial charge in [-0.3, -0.25) is 4.90 Å². The number of anilines is 1. The van der Waals surface area contributed by atoms with E-state index in [2.05, 4.69) is 66.4 Å². The van der Waals surface area contributed by atoms with Gasteiger partial charge in [-0.2, -0.15) is 0 Å². The van der Waals surface area contributed by atoms with Crippen LogP contribution in [0.15, 0.2) is 53.0 Å². The Morgan fingerprint density at radius 3 is 2.62 bits per heavy atom. The molecule has 0 atom stereocenters. The van der Waals surface area contributed by atoms with Crippen LogP contribution in [0, 0.1) is 0 Å². The van der Waals surface area contributed by atoms with Crippen LogP contribution < -0.4 is 5.32 Å². The maximum Gasteiger partial charge on any atom is 0.224 e. The summed E-state index contributed by atoms with van der Waals surface area (Å²) in [5, 5.41) is 4.87. The minimum absolute atomic E-state index is 0.281. The molecule has 3 aromatic rings. The first kappa shape index (κ1) is 17.7. The van der Waals surface area contributed by atoms with Crippen molar-refractivity contribution in [1.29, 1.82) is 0 Å². The number of piperidine rings is 1. The second kappa shape index (κ2) is 7.91. The van der Waals surface area contributed by atoms with E-state index in [1.54, 1.807) is 0 Å². The van der Waals surface area contributed by atoms with Crippen LogP contribution in [0.5, 0.6) is 0 Å². The van der Waals surface area contributed by atoms with E-state index in [-0.39, 0.29) is 5.28 Å². The highest BCUT2D eigenvalue weighted by Crippen LogP contribution is 2.27. The van der Waals surface area contributed by atoms with E-state index in [0.717, 1.165) is 53.7 Å². The van der Waals surface area contributed by atoms with E-state index in [9.17, 15) is 0 Å². The first-order chi connectivity index (χ1) is 12.7. The first-order valence-electron chi connectivity index (χ1n) is 8.83.